The van der Waals surface area contributed by atoms with Crippen LogP contribution < -0.4 is 11.4 Å². The van der Waals surface area contributed by atoms with E-state index in [1.165, 1.54) is 134 Å². The number of aliphatic hydroxyl groups is 2. The molecule has 7 atom stereocenters. The monoisotopic (exact) mass is 982 g/mol. The molecule has 20 heteroatoms. The number of nitrogens with two attached hydrogens (primary N) is 1. The van der Waals surface area contributed by atoms with Crippen molar-refractivity contribution in [3.63, 3.8) is 0 Å². The van der Waals surface area contributed by atoms with E-state index in [1.807, 2.05) is 0 Å². The number of esters is 2. The fourth-order valence-electron chi connectivity index (χ4n) is 7.79. The van der Waals surface area contributed by atoms with Crippen LogP contribution in [0.15, 0.2) is 17.1 Å². The SMILES string of the molecule is CCCCCCCCCCCCCCCCCC(=O)OC[C@H](COP(=O)(O)OP(=O)(O)OC[C@H]1O[C@@H](n2ccc(N)nc2=O)C(O)[C@H]1O)OC(=O)CCCCCCCCCCCCCCC. The number of unbranched alkanes of at least 4 members (excludes halogenated alkanes) is 26. The highest BCUT2D eigenvalue weighted by molar-refractivity contribution is 7.61. The molecule has 2 rings (SSSR count). The molecular weight excluding hydrogens is 896 g/mol. The van der Waals surface area contributed by atoms with Gasteiger partial charge in [0, 0.05) is 19.0 Å². The summed E-state index contributed by atoms with van der Waals surface area (Å²) in [6.45, 7) is 2.18. The first-order valence-electron chi connectivity index (χ1n) is 25.0. The number of hydrogen-bond acceptors (Lipinski definition) is 15. The lowest BCUT2D eigenvalue weighted by molar-refractivity contribution is -0.161. The minimum atomic E-state index is -5.41. The van der Waals surface area contributed by atoms with Crippen molar-refractivity contribution < 1.29 is 66.3 Å². The Balaban J connectivity index is 1.80. The van der Waals surface area contributed by atoms with Crippen molar-refractivity contribution in [1.82, 2.24) is 9.55 Å². The number of rotatable bonds is 42. The van der Waals surface area contributed by atoms with Gasteiger partial charge in [-0.15, -0.1) is 0 Å². The molecule has 18 nitrogen and oxygen atoms in total. The zero-order valence-electron chi connectivity index (χ0n) is 40.0. The van der Waals surface area contributed by atoms with Gasteiger partial charge in [0.05, 0.1) is 13.2 Å². The number of carbonyl (C=O) groups is 2. The van der Waals surface area contributed by atoms with Crippen molar-refractivity contribution in [3.8, 4) is 0 Å². The maximum atomic E-state index is 12.8. The van der Waals surface area contributed by atoms with Crippen LogP contribution in [0.1, 0.15) is 213 Å². The molecule has 0 aromatic carbocycles. The first-order chi connectivity index (χ1) is 31.7. The lowest BCUT2D eigenvalue weighted by atomic mass is 10.0. The summed E-state index contributed by atoms with van der Waals surface area (Å²) >= 11 is 0. The van der Waals surface area contributed by atoms with Crippen molar-refractivity contribution >= 4 is 33.4 Å². The zero-order chi connectivity index (χ0) is 48.5. The number of ether oxygens (including phenoxy) is 3. The van der Waals surface area contributed by atoms with E-state index in [0.29, 0.717) is 12.8 Å². The Labute approximate surface area is 393 Å². The van der Waals surface area contributed by atoms with Gasteiger partial charge in [0.15, 0.2) is 12.3 Å². The highest BCUT2D eigenvalue weighted by Gasteiger charge is 2.46. The van der Waals surface area contributed by atoms with Gasteiger partial charge in [-0.05, 0) is 18.9 Å². The van der Waals surface area contributed by atoms with E-state index >= 15 is 0 Å². The van der Waals surface area contributed by atoms with Crippen LogP contribution in [0, 0.1) is 0 Å². The number of phosphoric acid groups is 2. The molecule has 0 radical (unpaired) electrons. The van der Waals surface area contributed by atoms with Crippen LogP contribution in [-0.2, 0) is 46.3 Å². The Hall–Kier alpha value is -2.24. The van der Waals surface area contributed by atoms with Gasteiger partial charge in [0.25, 0.3) is 0 Å². The van der Waals surface area contributed by atoms with Crippen molar-refractivity contribution in [3.05, 3.63) is 22.7 Å². The molecule has 1 aliphatic rings. The number of phosphoric ester groups is 2. The molecule has 0 amide bonds. The lowest BCUT2D eigenvalue weighted by Crippen LogP contribution is -2.36. The van der Waals surface area contributed by atoms with Crippen LogP contribution in [0.25, 0.3) is 0 Å². The number of nitrogens with zero attached hydrogens (tertiary/aromatic N) is 2. The summed E-state index contributed by atoms with van der Waals surface area (Å²) in [5.41, 5.74) is 4.59. The molecule has 1 aromatic rings. The number of nitrogen functional groups attached to an aromatic ring is 1. The van der Waals surface area contributed by atoms with Gasteiger partial charge in [-0.1, -0.05) is 181 Å². The molecule has 6 N–H and O–H groups in total. The maximum Gasteiger partial charge on any atom is 0.481 e. The summed E-state index contributed by atoms with van der Waals surface area (Å²) in [5.74, 6) is -1.28. The third kappa shape index (κ3) is 28.3. The van der Waals surface area contributed by atoms with Gasteiger partial charge in [-0.2, -0.15) is 9.29 Å². The molecule has 66 heavy (non-hydrogen) atoms. The largest absolute Gasteiger partial charge is 0.481 e. The Morgan fingerprint density at radius 2 is 1.09 bits per heavy atom. The molecule has 1 aromatic heterocycles. The summed E-state index contributed by atoms with van der Waals surface area (Å²) in [6, 6.07) is 1.25. The third-order valence-electron chi connectivity index (χ3n) is 11.7. The van der Waals surface area contributed by atoms with E-state index in [0.717, 1.165) is 49.5 Å². The second-order valence-corrected chi connectivity index (χ2v) is 20.7. The van der Waals surface area contributed by atoms with Gasteiger partial charge in [0.2, 0.25) is 0 Å². The smallest absolute Gasteiger partial charge is 0.462 e. The number of hydrogen-bond donors (Lipinski definition) is 5. The van der Waals surface area contributed by atoms with E-state index < -0.39 is 83.7 Å². The molecule has 0 aliphatic carbocycles. The molecule has 1 aliphatic heterocycles. The number of carbonyl (C=O) groups excluding carboxylic acids is 2. The molecular formula is C46H85N3O15P2. The Morgan fingerprint density at radius 3 is 1.55 bits per heavy atom. The summed E-state index contributed by atoms with van der Waals surface area (Å²) in [5, 5.41) is 20.9. The molecule has 2 heterocycles. The first-order valence-corrected chi connectivity index (χ1v) is 28.0. The standard InChI is InChI=1S/C46H85N3O15P2/c1-3-5-7-9-11-13-15-17-18-20-21-23-25-27-29-31-41(50)59-35-38(62-42(51)32-30-28-26-24-22-19-16-14-12-10-8-6-4-2)36-60-65(55,56)64-66(57,58)61-37-39-43(52)44(53)45(63-39)49-34-33-40(47)48-46(49)54/h33-34,38-39,43-45,52-53H,3-32,35-37H2,1-2H3,(H,55,56)(H,57,58)(H2,47,48,54)/t38-,39-,43+,44?,45-/m1/s1. The van der Waals surface area contributed by atoms with E-state index in [4.69, 9.17) is 29.0 Å². The summed E-state index contributed by atoms with van der Waals surface area (Å²) < 4.78 is 56.7. The lowest BCUT2D eigenvalue weighted by Gasteiger charge is -2.21. The molecule has 1 saturated heterocycles. The maximum absolute atomic E-state index is 12.8. The van der Waals surface area contributed by atoms with Gasteiger partial charge >= 0.3 is 33.3 Å². The van der Waals surface area contributed by atoms with Gasteiger partial charge in [-0.3, -0.25) is 23.2 Å². The summed E-state index contributed by atoms with van der Waals surface area (Å²) in [7, 11) is -10.8. The highest BCUT2D eigenvalue weighted by Crippen LogP contribution is 2.60. The molecule has 0 spiro atoms. The van der Waals surface area contributed by atoms with Gasteiger partial charge in [-0.25, -0.2) is 13.9 Å². The van der Waals surface area contributed by atoms with Crippen LogP contribution in [0.4, 0.5) is 5.82 Å². The van der Waals surface area contributed by atoms with Crippen LogP contribution >= 0.6 is 15.6 Å². The average Bonchev–Trinajstić information content (AvgIpc) is 3.55. The normalized spacial score (nSPS) is 19.6. The molecule has 0 bridgehead atoms. The summed E-state index contributed by atoms with van der Waals surface area (Å²) in [4.78, 5) is 61.8. The second-order valence-electron chi connectivity index (χ2n) is 17.7. The summed E-state index contributed by atoms with van der Waals surface area (Å²) in [6.07, 6.45) is 26.1. The van der Waals surface area contributed by atoms with Crippen molar-refractivity contribution in [2.24, 2.45) is 0 Å². The first kappa shape index (κ1) is 59.9. The Bertz CT molecular complexity index is 1600. The quantitative estimate of drug-likeness (QED) is 0.0232. The predicted molar refractivity (Wildman–Crippen MR) is 252 cm³/mol. The predicted octanol–water partition coefficient (Wildman–Crippen LogP) is 9.89. The molecule has 0 saturated carbocycles. The second kappa shape index (κ2) is 35.8. The Kier molecular flexibility index (Phi) is 32.5. The molecule has 384 valence electrons. The van der Waals surface area contributed by atoms with E-state index in [-0.39, 0.29) is 18.7 Å². The highest BCUT2D eigenvalue weighted by atomic mass is 31.3. The van der Waals surface area contributed by atoms with Crippen LogP contribution in [0.2, 0.25) is 0 Å². The fourth-order valence-corrected chi connectivity index (χ4v) is 9.90. The van der Waals surface area contributed by atoms with Crippen molar-refractivity contribution in [1.29, 1.82) is 0 Å². The zero-order valence-corrected chi connectivity index (χ0v) is 41.8. The average molecular weight is 982 g/mol. The minimum Gasteiger partial charge on any atom is -0.462 e. The van der Waals surface area contributed by atoms with Crippen LogP contribution in [0.3, 0.4) is 0 Å². The van der Waals surface area contributed by atoms with Crippen LogP contribution in [-0.4, -0.2) is 85.7 Å². The topological polar surface area (TPSA) is 265 Å². The van der Waals surface area contributed by atoms with E-state index in [1.54, 1.807) is 0 Å². The third-order valence-corrected chi connectivity index (χ3v) is 14.3. The number of aliphatic hydroxyl groups excluding tert-OH is 2. The van der Waals surface area contributed by atoms with Crippen LogP contribution in [0.5, 0.6) is 0 Å². The van der Waals surface area contributed by atoms with E-state index in [9.17, 15) is 43.5 Å². The molecule has 1 fully saturated rings. The van der Waals surface area contributed by atoms with Crippen molar-refractivity contribution in [2.75, 3.05) is 25.6 Å². The number of anilines is 1. The fraction of sp³-hybridized carbons (Fsp3) is 0.870. The van der Waals surface area contributed by atoms with E-state index in [2.05, 4.69) is 23.1 Å². The molecule has 3 unspecified atom stereocenters. The van der Waals surface area contributed by atoms with Gasteiger partial charge < -0.3 is 39.9 Å². The van der Waals surface area contributed by atoms with Gasteiger partial charge in [0.1, 0.15) is 30.7 Å². The van der Waals surface area contributed by atoms with Crippen molar-refractivity contribution in [2.45, 2.75) is 237 Å². The number of aromatic nitrogens is 2. The minimum absolute atomic E-state index is 0.0580. The Morgan fingerprint density at radius 1 is 0.667 bits per heavy atom.